The maximum atomic E-state index is 13.7. The molecule has 0 aliphatic carbocycles. The fourth-order valence-corrected chi connectivity index (χ4v) is 7.21. The van der Waals surface area contributed by atoms with Gasteiger partial charge in [0.05, 0.1) is 21.2 Å². The van der Waals surface area contributed by atoms with Crippen molar-refractivity contribution in [3.63, 3.8) is 0 Å². The van der Waals surface area contributed by atoms with E-state index < -0.39 is 45.4 Å². The fraction of sp³-hybridized carbons (Fsp3) is 0.458. The van der Waals surface area contributed by atoms with Gasteiger partial charge in [-0.05, 0) is 75.1 Å². The number of aliphatic hydroxyl groups is 1. The van der Waals surface area contributed by atoms with Crippen LogP contribution in [0.5, 0.6) is 0 Å². The van der Waals surface area contributed by atoms with Crippen molar-refractivity contribution >= 4 is 44.8 Å². The molecule has 4 rings (SSSR count). The zero-order valence-corrected chi connectivity index (χ0v) is 21.6. The first kappa shape index (κ1) is 27.0. The van der Waals surface area contributed by atoms with Crippen molar-refractivity contribution in [2.75, 3.05) is 17.5 Å². The molecule has 3 atom stereocenters. The van der Waals surface area contributed by atoms with Crippen LogP contribution in [0.2, 0.25) is 10.0 Å². The number of anilines is 1. The molecule has 6 nitrogen and oxygen atoms in total. The summed E-state index contributed by atoms with van der Waals surface area (Å²) in [4.78, 5) is 15.0. The summed E-state index contributed by atoms with van der Waals surface area (Å²) >= 11 is 12.1. The van der Waals surface area contributed by atoms with Gasteiger partial charge in [0.1, 0.15) is 6.54 Å². The molecule has 2 fully saturated rings. The van der Waals surface area contributed by atoms with Crippen molar-refractivity contribution < 1.29 is 31.5 Å². The van der Waals surface area contributed by atoms with E-state index in [0.717, 1.165) is 18.6 Å². The number of carbonyl (C=O) groups is 1. The zero-order valence-electron chi connectivity index (χ0n) is 19.3. The molecular formula is C24H25Cl2F3N2O4S. The number of benzene rings is 2. The summed E-state index contributed by atoms with van der Waals surface area (Å²) in [7, 11) is -4.52. The molecule has 0 aromatic heterocycles. The highest BCUT2D eigenvalue weighted by atomic mass is 35.5. The molecule has 2 saturated heterocycles. The van der Waals surface area contributed by atoms with Crippen LogP contribution in [0.1, 0.15) is 38.2 Å². The lowest BCUT2D eigenvalue weighted by atomic mass is 9.79. The molecule has 2 aliphatic heterocycles. The summed E-state index contributed by atoms with van der Waals surface area (Å²) in [5.41, 5.74) is -2.23. The molecule has 0 spiro atoms. The van der Waals surface area contributed by atoms with Gasteiger partial charge in [0.15, 0.2) is 0 Å². The van der Waals surface area contributed by atoms with Crippen LogP contribution >= 0.6 is 23.2 Å². The van der Waals surface area contributed by atoms with Crippen LogP contribution in [0.3, 0.4) is 0 Å². The van der Waals surface area contributed by atoms with Gasteiger partial charge in [-0.15, -0.1) is 0 Å². The highest BCUT2D eigenvalue weighted by Crippen LogP contribution is 2.47. The van der Waals surface area contributed by atoms with Crippen molar-refractivity contribution in [3.05, 3.63) is 58.1 Å². The van der Waals surface area contributed by atoms with Crippen molar-refractivity contribution in [1.29, 1.82) is 0 Å². The molecule has 2 aromatic rings. The number of hydrogen-bond acceptors (Lipinski definition) is 4. The lowest BCUT2D eigenvalue weighted by molar-refractivity contribution is -0.141. The average molecular weight is 565 g/mol. The molecule has 0 radical (unpaired) electrons. The van der Waals surface area contributed by atoms with E-state index in [1.165, 1.54) is 24.3 Å². The molecule has 12 heteroatoms. The van der Waals surface area contributed by atoms with E-state index in [-0.39, 0.29) is 33.5 Å². The summed E-state index contributed by atoms with van der Waals surface area (Å²) in [5.74, 6) is -0.747. The van der Waals surface area contributed by atoms with Gasteiger partial charge in [0, 0.05) is 29.1 Å². The van der Waals surface area contributed by atoms with Gasteiger partial charge in [-0.1, -0.05) is 23.2 Å². The third-order valence-electron chi connectivity index (χ3n) is 7.34. The topological polar surface area (TPSA) is 77.9 Å². The van der Waals surface area contributed by atoms with Crippen molar-refractivity contribution in [3.8, 4) is 0 Å². The molecule has 36 heavy (non-hydrogen) atoms. The Hall–Kier alpha value is -2.01. The van der Waals surface area contributed by atoms with E-state index in [0.29, 0.717) is 29.6 Å². The number of amides is 1. The average Bonchev–Trinajstić information content (AvgIpc) is 3.05. The van der Waals surface area contributed by atoms with Gasteiger partial charge in [0.2, 0.25) is 5.91 Å². The minimum absolute atomic E-state index is 0.126. The number of halogens is 5. The Morgan fingerprint density at radius 1 is 1.14 bits per heavy atom. The third-order valence-corrected chi connectivity index (χ3v) is 9.68. The molecule has 2 heterocycles. The van der Waals surface area contributed by atoms with Crippen molar-refractivity contribution in [1.82, 2.24) is 4.90 Å². The van der Waals surface area contributed by atoms with E-state index in [9.17, 15) is 31.5 Å². The van der Waals surface area contributed by atoms with Crippen LogP contribution in [-0.4, -0.2) is 49.1 Å². The molecule has 1 N–H and O–H groups in total. The second kappa shape index (κ2) is 9.70. The Balaban J connectivity index is 1.80. The van der Waals surface area contributed by atoms with E-state index in [2.05, 4.69) is 0 Å². The molecular weight excluding hydrogens is 540 g/mol. The Bertz CT molecular complexity index is 1260. The van der Waals surface area contributed by atoms with Crippen molar-refractivity contribution in [2.24, 2.45) is 5.92 Å². The number of alkyl halides is 3. The van der Waals surface area contributed by atoms with Gasteiger partial charge in [-0.2, -0.15) is 13.2 Å². The zero-order chi connectivity index (χ0) is 26.5. The number of nitrogens with zero attached hydrogens (tertiary/aromatic N) is 2. The number of carbonyl (C=O) groups excluding carboxylic acids is 1. The highest BCUT2D eigenvalue weighted by molar-refractivity contribution is 7.92. The molecule has 2 aliphatic rings. The summed E-state index contributed by atoms with van der Waals surface area (Å²) in [6.45, 7) is 0.982. The quantitative estimate of drug-likeness (QED) is 0.512. The lowest BCUT2D eigenvalue weighted by Crippen LogP contribution is -2.59. The number of rotatable bonds is 6. The summed E-state index contributed by atoms with van der Waals surface area (Å²) in [5, 5.41) is 9.91. The monoisotopic (exact) mass is 564 g/mol. The van der Waals surface area contributed by atoms with Crippen molar-refractivity contribution in [2.45, 2.75) is 55.3 Å². The summed E-state index contributed by atoms with van der Waals surface area (Å²) in [6.07, 6.45) is -2.03. The fourth-order valence-electron chi connectivity index (χ4n) is 5.39. The van der Waals surface area contributed by atoms with E-state index in [1.807, 2.05) is 6.92 Å². The summed E-state index contributed by atoms with van der Waals surface area (Å²) < 4.78 is 68.5. The van der Waals surface area contributed by atoms with Gasteiger partial charge in [-0.3, -0.25) is 9.10 Å². The predicted molar refractivity (Wildman–Crippen MR) is 131 cm³/mol. The normalized spacial score (nSPS) is 24.1. The number of hydrogen-bond donors (Lipinski definition) is 1. The standard InChI is InChI=1S/C24H25Cl2F3N2O4S/c1-23-11-10-18(6-2-16(23)14-32)31(23)22(33)13-30(36(34,35)19-7-4-17(25)5-8-19)21-12-15(24(27,28)29)3-9-20(21)26/h3-5,7-9,12,16,18,32H,2,6,10-11,13-14H2,1H3. The Kier molecular flexibility index (Phi) is 7.29. The van der Waals surface area contributed by atoms with Gasteiger partial charge in [0.25, 0.3) is 10.0 Å². The first-order chi connectivity index (χ1) is 16.8. The lowest BCUT2D eigenvalue weighted by Gasteiger charge is -2.48. The number of aliphatic hydroxyl groups excluding tert-OH is 1. The first-order valence-corrected chi connectivity index (χ1v) is 13.6. The maximum Gasteiger partial charge on any atom is 0.416 e. The molecule has 3 unspecified atom stereocenters. The van der Waals surface area contributed by atoms with Crippen LogP contribution in [0.15, 0.2) is 47.4 Å². The highest BCUT2D eigenvalue weighted by Gasteiger charge is 2.53. The maximum absolute atomic E-state index is 13.7. The molecule has 2 aromatic carbocycles. The van der Waals surface area contributed by atoms with Gasteiger partial charge in [-0.25, -0.2) is 8.42 Å². The molecule has 2 bridgehead atoms. The number of sulfonamides is 1. The van der Waals surface area contributed by atoms with Gasteiger partial charge < -0.3 is 10.0 Å². The van der Waals surface area contributed by atoms with Crippen LogP contribution in [0.25, 0.3) is 0 Å². The molecule has 0 saturated carbocycles. The SMILES string of the molecule is CC12CCC(CCC1CO)N2C(=O)CN(c1cc(C(F)(F)F)ccc1Cl)S(=O)(=O)c1ccc(Cl)cc1. The van der Waals surface area contributed by atoms with Crippen LogP contribution < -0.4 is 4.31 Å². The second-order valence-corrected chi connectivity index (χ2v) is 12.1. The largest absolute Gasteiger partial charge is 0.416 e. The van der Waals surface area contributed by atoms with Crippen LogP contribution in [0, 0.1) is 5.92 Å². The molecule has 1 amide bonds. The Morgan fingerprint density at radius 3 is 2.42 bits per heavy atom. The van der Waals surface area contributed by atoms with Gasteiger partial charge >= 0.3 is 6.18 Å². The Morgan fingerprint density at radius 2 is 1.81 bits per heavy atom. The van der Waals surface area contributed by atoms with E-state index in [1.54, 1.807) is 4.90 Å². The summed E-state index contributed by atoms with van der Waals surface area (Å²) in [6, 6.07) is 7.30. The Labute approximate surface area is 217 Å². The first-order valence-electron chi connectivity index (χ1n) is 11.4. The third kappa shape index (κ3) is 4.80. The van der Waals surface area contributed by atoms with E-state index in [4.69, 9.17) is 23.2 Å². The minimum Gasteiger partial charge on any atom is -0.396 e. The van der Waals surface area contributed by atoms with Crippen LogP contribution in [0.4, 0.5) is 18.9 Å². The number of piperidine rings is 1. The second-order valence-electron chi connectivity index (χ2n) is 9.40. The predicted octanol–water partition coefficient (Wildman–Crippen LogP) is 5.36. The molecule has 196 valence electrons. The van der Waals surface area contributed by atoms with Crippen LogP contribution in [-0.2, 0) is 21.0 Å². The van der Waals surface area contributed by atoms with E-state index >= 15 is 0 Å². The minimum atomic E-state index is -4.76. The smallest absolute Gasteiger partial charge is 0.396 e. The number of fused-ring (bicyclic) bond motifs is 2.